The molecule has 0 bridgehead atoms. The number of carboxylic acids is 1. The summed E-state index contributed by atoms with van der Waals surface area (Å²) >= 11 is 0. The van der Waals surface area contributed by atoms with E-state index in [-0.39, 0.29) is 31.4 Å². The average molecular weight is 439 g/mol. The van der Waals surface area contributed by atoms with E-state index in [1.807, 2.05) is 50.2 Å². The summed E-state index contributed by atoms with van der Waals surface area (Å²) in [4.78, 5) is 38.0. The summed E-state index contributed by atoms with van der Waals surface area (Å²) in [5.41, 5.74) is 3.37. The Balaban J connectivity index is 1.70. The fraction of sp³-hybridized carbons (Fsp3) is 0.400. The van der Waals surface area contributed by atoms with Gasteiger partial charge in [0.1, 0.15) is 12.1 Å². The lowest BCUT2D eigenvalue weighted by Crippen LogP contribution is -2.58. The second kappa shape index (κ2) is 9.85. The van der Waals surface area contributed by atoms with Gasteiger partial charge < -0.3 is 20.1 Å². The lowest BCUT2D eigenvalue weighted by molar-refractivity contribution is -0.140. The number of nitrogens with zero attached hydrogens (tertiary/aromatic N) is 1. The van der Waals surface area contributed by atoms with E-state index >= 15 is 0 Å². The molecule has 1 aliphatic carbocycles. The van der Waals surface area contributed by atoms with Gasteiger partial charge in [-0.3, -0.25) is 9.59 Å². The molecule has 7 nitrogen and oxygen atoms in total. The minimum atomic E-state index is -1.14. The van der Waals surface area contributed by atoms with E-state index in [1.165, 1.54) is 4.90 Å². The number of likely N-dealkylation sites (N-methyl/N-ethyl adjacent to an activating group) is 1. The van der Waals surface area contributed by atoms with Crippen LogP contribution in [0.3, 0.4) is 0 Å². The number of aliphatic carboxylic acids is 1. The van der Waals surface area contributed by atoms with Crippen molar-refractivity contribution in [2.24, 2.45) is 0 Å². The van der Waals surface area contributed by atoms with Crippen LogP contribution in [0.25, 0.3) is 11.1 Å². The van der Waals surface area contributed by atoms with Crippen LogP contribution in [0, 0.1) is 0 Å². The number of benzene rings is 2. The van der Waals surface area contributed by atoms with Gasteiger partial charge in [-0.1, -0.05) is 62.4 Å². The van der Waals surface area contributed by atoms with Crippen molar-refractivity contribution in [2.75, 3.05) is 20.2 Å². The smallest absolute Gasteiger partial charge is 0.408 e. The topological polar surface area (TPSA) is 95.9 Å². The lowest BCUT2D eigenvalue weighted by atomic mass is 9.91. The first-order chi connectivity index (χ1) is 15.3. The van der Waals surface area contributed by atoms with Gasteiger partial charge in [-0.2, -0.15) is 0 Å². The molecular formula is C25H30N2O5. The monoisotopic (exact) mass is 438 g/mol. The summed E-state index contributed by atoms with van der Waals surface area (Å²) in [6.07, 6.45) is -0.0829. The Labute approximate surface area is 188 Å². The van der Waals surface area contributed by atoms with Gasteiger partial charge in [0.25, 0.3) is 0 Å². The number of amides is 2. The molecule has 0 fully saturated rings. The van der Waals surface area contributed by atoms with Gasteiger partial charge in [0, 0.05) is 19.5 Å². The van der Waals surface area contributed by atoms with Crippen LogP contribution in [0.1, 0.15) is 50.2 Å². The van der Waals surface area contributed by atoms with E-state index in [0.29, 0.717) is 12.8 Å². The van der Waals surface area contributed by atoms with Crippen LogP contribution < -0.4 is 5.32 Å². The highest BCUT2D eigenvalue weighted by Crippen LogP contribution is 2.44. The Morgan fingerprint density at radius 3 is 2.03 bits per heavy atom. The van der Waals surface area contributed by atoms with Gasteiger partial charge in [-0.05, 0) is 35.1 Å². The van der Waals surface area contributed by atoms with Crippen LogP contribution in [0.15, 0.2) is 48.5 Å². The third-order valence-electron chi connectivity index (χ3n) is 6.31. The van der Waals surface area contributed by atoms with Gasteiger partial charge in [-0.25, -0.2) is 4.79 Å². The Morgan fingerprint density at radius 2 is 1.53 bits per heavy atom. The number of hydrogen-bond donors (Lipinski definition) is 2. The summed E-state index contributed by atoms with van der Waals surface area (Å²) < 4.78 is 5.61. The van der Waals surface area contributed by atoms with Gasteiger partial charge in [0.05, 0.1) is 6.42 Å². The number of alkyl carbamates (subject to hydrolysis) is 1. The van der Waals surface area contributed by atoms with Gasteiger partial charge in [0.15, 0.2) is 0 Å². The first kappa shape index (κ1) is 23.3. The standard InChI is InChI=1S/C25H30N2O5/c1-4-25(5-2,23(30)27(3)15-14-22(28)29)26-24(31)32-16-21-19-12-8-6-10-17(19)18-11-7-9-13-20(18)21/h6-13,21H,4-5,14-16H2,1-3H3,(H,26,31)(H,28,29). The highest BCUT2D eigenvalue weighted by atomic mass is 16.5. The fourth-order valence-electron chi connectivity index (χ4n) is 4.34. The Morgan fingerprint density at radius 1 is 1.00 bits per heavy atom. The number of rotatable bonds is 9. The van der Waals surface area contributed by atoms with Crippen LogP contribution >= 0.6 is 0 Å². The molecular weight excluding hydrogens is 408 g/mol. The average Bonchev–Trinajstić information content (AvgIpc) is 3.13. The second-order valence-electron chi connectivity index (χ2n) is 8.11. The van der Waals surface area contributed by atoms with E-state index in [2.05, 4.69) is 17.4 Å². The third-order valence-corrected chi connectivity index (χ3v) is 6.31. The van der Waals surface area contributed by atoms with Crippen LogP contribution in [-0.4, -0.2) is 53.7 Å². The molecule has 2 aromatic carbocycles. The molecule has 2 amide bonds. The molecule has 7 heteroatoms. The van der Waals surface area contributed by atoms with Crippen LogP contribution in [0.4, 0.5) is 4.79 Å². The number of hydrogen-bond acceptors (Lipinski definition) is 4. The highest BCUT2D eigenvalue weighted by molar-refractivity contribution is 5.90. The summed E-state index contributed by atoms with van der Waals surface area (Å²) in [6.45, 7) is 3.86. The maximum absolute atomic E-state index is 13.0. The molecule has 2 N–H and O–H groups in total. The molecule has 0 unspecified atom stereocenters. The van der Waals surface area contributed by atoms with E-state index < -0.39 is 17.6 Å². The second-order valence-corrected chi connectivity index (χ2v) is 8.11. The van der Waals surface area contributed by atoms with Crippen molar-refractivity contribution in [1.82, 2.24) is 10.2 Å². The van der Waals surface area contributed by atoms with Crippen molar-refractivity contribution in [1.29, 1.82) is 0 Å². The van der Waals surface area contributed by atoms with Crippen molar-refractivity contribution in [3.05, 3.63) is 59.7 Å². The van der Waals surface area contributed by atoms with Crippen molar-refractivity contribution >= 4 is 18.0 Å². The zero-order valence-electron chi connectivity index (χ0n) is 18.8. The van der Waals surface area contributed by atoms with E-state index in [1.54, 1.807) is 7.05 Å². The molecule has 0 spiro atoms. The lowest BCUT2D eigenvalue weighted by Gasteiger charge is -2.34. The van der Waals surface area contributed by atoms with Crippen molar-refractivity contribution in [3.8, 4) is 11.1 Å². The molecule has 0 saturated carbocycles. The van der Waals surface area contributed by atoms with Crippen LogP contribution in [0.5, 0.6) is 0 Å². The molecule has 2 aromatic rings. The summed E-state index contributed by atoms with van der Waals surface area (Å²) in [5.74, 6) is -1.37. The first-order valence-electron chi connectivity index (χ1n) is 10.9. The van der Waals surface area contributed by atoms with E-state index in [4.69, 9.17) is 9.84 Å². The first-order valence-corrected chi connectivity index (χ1v) is 10.9. The molecule has 0 aliphatic heterocycles. The van der Waals surface area contributed by atoms with Crippen LogP contribution in [0.2, 0.25) is 0 Å². The van der Waals surface area contributed by atoms with Crippen molar-refractivity contribution < 1.29 is 24.2 Å². The Hall–Kier alpha value is -3.35. The number of carboxylic acid groups (broad SMARTS) is 1. The highest BCUT2D eigenvalue weighted by Gasteiger charge is 2.39. The summed E-state index contributed by atoms with van der Waals surface area (Å²) in [5, 5.41) is 11.7. The minimum absolute atomic E-state index is 0.0697. The largest absolute Gasteiger partial charge is 0.481 e. The van der Waals surface area contributed by atoms with Gasteiger partial charge >= 0.3 is 12.1 Å². The zero-order chi connectivity index (χ0) is 23.3. The quantitative estimate of drug-likeness (QED) is 0.617. The molecule has 0 heterocycles. The Bertz CT molecular complexity index is 954. The molecule has 0 radical (unpaired) electrons. The number of carbonyl (C=O) groups excluding carboxylic acids is 2. The maximum Gasteiger partial charge on any atom is 0.408 e. The molecule has 0 saturated heterocycles. The van der Waals surface area contributed by atoms with Crippen molar-refractivity contribution in [3.63, 3.8) is 0 Å². The number of carbonyl (C=O) groups is 3. The van der Waals surface area contributed by atoms with Crippen molar-refractivity contribution in [2.45, 2.75) is 44.6 Å². The fourth-order valence-corrected chi connectivity index (χ4v) is 4.34. The number of fused-ring (bicyclic) bond motifs is 3. The maximum atomic E-state index is 13.0. The van der Waals surface area contributed by atoms with E-state index in [9.17, 15) is 14.4 Å². The zero-order valence-corrected chi connectivity index (χ0v) is 18.8. The molecule has 1 aliphatic rings. The van der Waals surface area contributed by atoms with Gasteiger partial charge in [0.2, 0.25) is 5.91 Å². The number of nitrogens with one attached hydrogen (secondary N) is 1. The SMILES string of the molecule is CCC(CC)(NC(=O)OCC1c2ccccc2-c2ccccc21)C(=O)N(C)CCC(=O)O. The Kier molecular flexibility index (Phi) is 7.18. The molecule has 0 atom stereocenters. The molecule has 170 valence electrons. The molecule has 3 rings (SSSR count). The summed E-state index contributed by atoms with van der Waals surface area (Å²) in [7, 11) is 1.55. The summed E-state index contributed by atoms with van der Waals surface area (Å²) in [6, 6.07) is 16.2. The minimum Gasteiger partial charge on any atom is -0.481 e. The van der Waals surface area contributed by atoms with E-state index in [0.717, 1.165) is 22.3 Å². The molecule has 32 heavy (non-hydrogen) atoms. The number of ether oxygens (including phenoxy) is 1. The van der Waals surface area contributed by atoms with Gasteiger partial charge in [-0.15, -0.1) is 0 Å². The van der Waals surface area contributed by atoms with Crippen LogP contribution in [-0.2, 0) is 14.3 Å². The predicted octanol–water partition coefficient (Wildman–Crippen LogP) is 4.02. The normalized spacial score (nSPS) is 12.6. The third kappa shape index (κ3) is 4.61. The predicted molar refractivity (Wildman–Crippen MR) is 121 cm³/mol. The molecule has 0 aromatic heterocycles.